The van der Waals surface area contributed by atoms with E-state index in [1.165, 1.54) is 19.1 Å². The van der Waals surface area contributed by atoms with Crippen molar-refractivity contribution in [1.82, 2.24) is 4.72 Å². The van der Waals surface area contributed by atoms with Gasteiger partial charge in [-0.05, 0) is 18.9 Å². The fourth-order valence-corrected chi connectivity index (χ4v) is 3.07. The minimum Gasteiger partial charge on any atom is -0.480 e. The lowest BCUT2D eigenvalue weighted by Gasteiger charge is -2.12. The van der Waals surface area contributed by atoms with Gasteiger partial charge in [-0.15, -0.1) is 0 Å². The molecule has 0 saturated carbocycles. The van der Waals surface area contributed by atoms with Crippen molar-refractivity contribution >= 4 is 21.7 Å². The van der Waals surface area contributed by atoms with E-state index < -0.39 is 27.0 Å². The van der Waals surface area contributed by atoms with Gasteiger partial charge in [0.25, 0.3) is 5.69 Å². The van der Waals surface area contributed by atoms with E-state index in [0.29, 0.717) is 12.0 Å². The summed E-state index contributed by atoms with van der Waals surface area (Å²) >= 11 is 0. The Hall–Kier alpha value is -2.00. The number of hydrogen-bond donors (Lipinski definition) is 2. The fourth-order valence-electron chi connectivity index (χ4n) is 1.55. The minimum atomic E-state index is -4.14. The summed E-state index contributed by atoms with van der Waals surface area (Å²) in [5.41, 5.74) is 0.00578. The van der Waals surface area contributed by atoms with Gasteiger partial charge in [0.05, 0.1) is 9.82 Å². The molecule has 0 saturated heterocycles. The lowest BCUT2D eigenvalue weighted by atomic mass is 10.1. The van der Waals surface area contributed by atoms with Gasteiger partial charge in [0.15, 0.2) is 0 Å². The Morgan fingerprint density at radius 2 is 2.10 bits per heavy atom. The van der Waals surface area contributed by atoms with Crippen LogP contribution in [0.25, 0.3) is 0 Å². The van der Waals surface area contributed by atoms with Gasteiger partial charge in [-0.2, -0.15) is 4.72 Å². The number of hydrogen-bond acceptors (Lipinski definition) is 5. The molecule has 110 valence electrons. The Bertz CT molecular complexity index is 640. The molecular formula is C11H14N2O6S. The Morgan fingerprint density at radius 3 is 2.55 bits per heavy atom. The van der Waals surface area contributed by atoms with Crippen molar-refractivity contribution in [3.8, 4) is 0 Å². The number of carboxylic acid groups (broad SMARTS) is 1. The molecule has 1 aromatic carbocycles. The first kappa shape index (κ1) is 16.1. The highest BCUT2D eigenvalue weighted by Crippen LogP contribution is 2.23. The maximum absolute atomic E-state index is 12.1. The molecule has 9 heteroatoms. The molecule has 0 unspecified atom stereocenters. The van der Waals surface area contributed by atoms with Crippen molar-refractivity contribution in [2.75, 3.05) is 0 Å². The van der Waals surface area contributed by atoms with Crippen LogP contribution in [0.2, 0.25) is 0 Å². The summed E-state index contributed by atoms with van der Waals surface area (Å²) in [6.07, 6.45) is 0.343. The van der Waals surface area contributed by atoms with Crippen molar-refractivity contribution in [2.24, 2.45) is 0 Å². The molecule has 1 rings (SSSR count). The van der Waals surface area contributed by atoms with Crippen molar-refractivity contribution in [1.29, 1.82) is 0 Å². The summed E-state index contributed by atoms with van der Waals surface area (Å²) in [6.45, 7) is 2.86. The van der Waals surface area contributed by atoms with E-state index >= 15 is 0 Å². The van der Waals surface area contributed by atoms with Crippen LogP contribution in [0.5, 0.6) is 0 Å². The van der Waals surface area contributed by atoms with Crippen LogP contribution >= 0.6 is 0 Å². The van der Waals surface area contributed by atoms with E-state index in [9.17, 15) is 23.3 Å². The number of aliphatic carboxylic acids is 1. The second-order valence-corrected chi connectivity index (χ2v) is 5.77. The monoisotopic (exact) mass is 302 g/mol. The molecule has 20 heavy (non-hydrogen) atoms. The lowest BCUT2D eigenvalue weighted by molar-refractivity contribution is -0.385. The summed E-state index contributed by atoms with van der Waals surface area (Å²) in [5.74, 6) is -1.34. The van der Waals surface area contributed by atoms with Gasteiger partial charge in [-0.25, -0.2) is 8.42 Å². The van der Waals surface area contributed by atoms with Gasteiger partial charge in [0.1, 0.15) is 6.04 Å². The summed E-state index contributed by atoms with van der Waals surface area (Å²) in [4.78, 5) is 20.4. The lowest BCUT2D eigenvalue weighted by Crippen LogP contribution is -2.38. The van der Waals surface area contributed by atoms with Crippen LogP contribution < -0.4 is 4.72 Å². The van der Waals surface area contributed by atoms with E-state index in [4.69, 9.17) is 5.11 Å². The van der Waals surface area contributed by atoms with Crippen molar-refractivity contribution < 1.29 is 23.2 Å². The third-order valence-electron chi connectivity index (χ3n) is 2.63. The first-order valence-corrected chi connectivity index (χ1v) is 7.19. The predicted molar refractivity (Wildman–Crippen MR) is 69.9 cm³/mol. The van der Waals surface area contributed by atoms with E-state index in [0.717, 1.165) is 6.07 Å². The number of rotatable bonds is 6. The SMILES string of the molecule is CCc1ccc([N+](=O)[O-])cc1S(=O)(=O)N[C@@H](C)C(=O)O. The number of carboxylic acids is 1. The van der Waals surface area contributed by atoms with Crippen LogP contribution in [0.1, 0.15) is 19.4 Å². The number of nitro groups is 1. The van der Waals surface area contributed by atoms with Gasteiger partial charge >= 0.3 is 5.97 Å². The van der Waals surface area contributed by atoms with Crippen LogP contribution in [0.4, 0.5) is 5.69 Å². The number of sulfonamides is 1. The molecule has 8 nitrogen and oxygen atoms in total. The van der Waals surface area contributed by atoms with Crippen molar-refractivity contribution in [2.45, 2.75) is 31.2 Å². The molecule has 0 heterocycles. The van der Waals surface area contributed by atoms with E-state index in [1.807, 2.05) is 4.72 Å². The Kier molecular flexibility index (Phi) is 4.79. The Labute approximate surface area is 115 Å². The maximum Gasteiger partial charge on any atom is 0.321 e. The van der Waals surface area contributed by atoms with Gasteiger partial charge in [0, 0.05) is 12.1 Å². The average molecular weight is 302 g/mol. The highest BCUT2D eigenvalue weighted by Gasteiger charge is 2.25. The van der Waals surface area contributed by atoms with Crippen LogP contribution in [0, 0.1) is 10.1 Å². The minimum absolute atomic E-state index is 0.276. The summed E-state index contributed by atoms with van der Waals surface area (Å²) in [7, 11) is -4.14. The zero-order valence-corrected chi connectivity index (χ0v) is 11.7. The molecule has 0 aliphatic rings. The largest absolute Gasteiger partial charge is 0.480 e. The first-order valence-electron chi connectivity index (χ1n) is 5.71. The molecule has 0 bridgehead atoms. The predicted octanol–water partition coefficient (Wildman–Crippen LogP) is 0.909. The summed E-state index contributed by atoms with van der Waals surface area (Å²) in [5, 5.41) is 19.4. The second kappa shape index (κ2) is 5.97. The van der Waals surface area contributed by atoms with Gasteiger partial charge in [0.2, 0.25) is 10.0 Å². The van der Waals surface area contributed by atoms with Crippen LogP contribution in [-0.4, -0.2) is 30.5 Å². The summed E-state index contributed by atoms with van der Waals surface area (Å²) in [6, 6.07) is 2.15. The topological polar surface area (TPSA) is 127 Å². The Morgan fingerprint density at radius 1 is 1.50 bits per heavy atom. The smallest absolute Gasteiger partial charge is 0.321 e. The standard InChI is InChI=1S/C11H14N2O6S/c1-3-8-4-5-9(13(16)17)6-10(8)20(18,19)12-7(2)11(14)15/h4-7,12H,3H2,1-2H3,(H,14,15)/t7-/m0/s1. The number of nitro benzene ring substituents is 1. The molecule has 0 fully saturated rings. The highest BCUT2D eigenvalue weighted by molar-refractivity contribution is 7.89. The molecule has 0 radical (unpaired) electrons. The van der Waals surface area contributed by atoms with Crippen LogP contribution in [0.3, 0.4) is 0 Å². The molecular weight excluding hydrogens is 288 g/mol. The quantitative estimate of drug-likeness (QED) is 0.594. The van der Waals surface area contributed by atoms with Gasteiger partial charge < -0.3 is 5.11 Å². The third-order valence-corrected chi connectivity index (χ3v) is 4.26. The normalized spacial score (nSPS) is 12.9. The third kappa shape index (κ3) is 3.52. The summed E-state index contributed by atoms with van der Waals surface area (Å²) < 4.78 is 26.2. The zero-order valence-electron chi connectivity index (χ0n) is 10.9. The van der Waals surface area contributed by atoms with Crippen molar-refractivity contribution in [3.05, 3.63) is 33.9 Å². The number of non-ortho nitro benzene ring substituents is 1. The molecule has 2 N–H and O–H groups in total. The maximum atomic E-state index is 12.1. The molecule has 1 atom stereocenters. The first-order chi connectivity index (χ1) is 9.19. The molecule has 0 aliphatic carbocycles. The molecule has 0 aromatic heterocycles. The number of nitrogens with one attached hydrogen (secondary N) is 1. The number of carbonyl (C=O) groups is 1. The molecule has 0 aliphatic heterocycles. The highest BCUT2D eigenvalue weighted by atomic mass is 32.2. The molecule has 0 amide bonds. The van der Waals surface area contributed by atoms with Crippen LogP contribution in [0.15, 0.2) is 23.1 Å². The Balaban J connectivity index is 3.31. The van der Waals surface area contributed by atoms with Gasteiger partial charge in [-0.3, -0.25) is 14.9 Å². The van der Waals surface area contributed by atoms with Gasteiger partial charge in [-0.1, -0.05) is 13.0 Å². The number of aryl methyl sites for hydroxylation is 1. The fraction of sp³-hybridized carbons (Fsp3) is 0.364. The molecule has 0 spiro atoms. The van der Waals surface area contributed by atoms with E-state index in [2.05, 4.69) is 0 Å². The zero-order chi connectivity index (χ0) is 15.5. The van der Waals surface area contributed by atoms with E-state index in [-0.39, 0.29) is 10.6 Å². The number of benzene rings is 1. The number of nitrogens with zero attached hydrogens (tertiary/aromatic N) is 1. The van der Waals surface area contributed by atoms with Crippen molar-refractivity contribution in [3.63, 3.8) is 0 Å². The second-order valence-electron chi connectivity index (χ2n) is 4.08. The molecule has 1 aromatic rings. The van der Waals surface area contributed by atoms with E-state index in [1.54, 1.807) is 6.92 Å². The average Bonchev–Trinajstić information content (AvgIpc) is 2.37. The van der Waals surface area contributed by atoms with Crippen LogP contribution in [-0.2, 0) is 21.2 Å².